The van der Waals surface area contributed by atoms with Gasteiger partial charge < -0.3 is 11.1 Å². The van der Waals surface area contributed by atoms with Gasteiger partial charge in [0.05, 0.1) is 16.1 Å². The van der Waals surface area contributed by atoms with Gasteiger partial charge in [-0.25, -0.2) is 8.78 Å². The number of anilines is 2. The number of carbonyl (C=O) groups excluding carboxylic acids is 1. The highest BCUT2D eigenvalue weighted by Gasteiger charge is 2.15. The predicted octanol–water partition coefficient (Wildman–Crippen LogP) is 3.32. The Morgan fingerprint density at radius 3 is 2.52 bits per heavy atom. The molecule has 2 rings (SSSR count). The van der Waals surface area contributed by atoms with E-state index in [2.05, 4.69) is 5.32 Å². The summed E-state index contributed by atoms with van der Waals surface area (Å²) in [6.45, 7) is 0. The Kier molecular flexibility index (Phi) is 4.05. The van der Waals surface area contributed by atoms with E-state index in [1.807, 2.05) is 6.07 Å². The Hall–Kier alpha value is -2.65. The van der Waals surface area contributed by atoms with Crippen molar-refractivity contribution in [2.45, 2.75) is 0 Å². The van der Waals surface area contributed by atoms with E-state index < -0.39 is 17.5 Å². The van der Waals surface area contributed by atoms with Gasteiger partial charge in [0.2, 0.25) is 0 Å². The molecule has 4 nitrogen and oxygen atoms in total. The number of rotatable bonds is 2. The number of nitrogens with one attached hydrogen (secondary N) is 1. The summed E-state index contributed by atoms with van der Waals surface area (Å²) in [5.41, 5.74) is 5.65. The molecule has 21 heavy (non-hydrogen) atoms. The van der Waals surface area contributed by atoms with Gasteiger partial charge in [-0.2, -0.15) is 5.26 Å². The lowest BCUT2D eigenvalue weighted by Crippen LogP contribution is -2.15. The fraction of sp³-hybridized carbons (Fsp3) is 0. The lowest BCUT2D eigenvalue weighted by molar-refractivity contribution is 0.102. The number of hydrogen-bond acceptors (Lipinski definition) is 3. The molecular weight excluding hydrogens is 300 g/mol. The number of nitriles is 1. The summed E-state index contributed by atoms with van der Waals surface area (Å²) in [7, 11) is 0. The minimum absolute atomic E-state index is 0.161. The maximum absolute atomic E-state index is 13.2. The zero-order valence-corrected chi connectivity index (χ0v) is 11.2. The number of halogens is 3. The molecule has 0 saturated heterocycles. The van der Waals surface area contributed by atoms with Gasteiger partial charge in [0, 0.05) is 17.4 Å². The van der Waals surface area contributed by atoms with Crippen LogP contribution in [0.15, 0.2) is 30.3 Å². The fourth-order valence-corrected chi connectivity index (χ4v) is 1.86. The van der Waals surface area contributed by atoms with Gasteiger partial charge in [0.15, 0.2) is 11.6 Å². The monoisotopic (exact) mass is 307 g/mol. The van der Waals surface area contributed by atoms with Crippen LogP contribution in [0.2, 0.25) is 5.02 Å². The van der Waals surface area contributed by atoms with Crippen molar-refractivity contribution in [1.29, 1.82) is 5.26 Å². The first-order chi connectivity index (χ1) is 9.92. The van der Waals surface area contributed by atoms with Gasteiger partial charge in [-0.05, 0) is 24.3 Å². The lowest BCUT2D eigenvalue weighted by Gasteiger charge is -2.09. The van der Waals surface area contributed by atoms with Crippen LogP contribution in [0.4, 0.5) is 20.2 Å². The molecule has 0 unspecified atom stereocenters. The first-order valence-corrected chi connectivity index (χ1v) is 6.05. The van der Waals surface area contributed by atoms with Crippen LogP contribution in [-0.2, 0) is 0 Å². The summed E-state index contributed by atoms with van der Waals surface area (Å²) in [5, 5.41) is 11.3. The third kappa shape index (κ3) is 3.09. The van der Waals surface area contributed by atoms with Crippen LogP contribution in [0.1, 0.15) is 15.9 Å². The number of nitrogen functional groups attached to an aromatic ring is 1. The Bertz CT molecular complexity index is 772. The maximum atomic E-state index is 13.2. The van der Waals surface area contributed by atoms with Crippen LogP contribution in [0.25, 0.3) is 0 Å². The summed E-state index contributed by atoms with van der Waals surface area (Å²) in [4.78, 5) is 12.0. The van der Waals surface area contributed by atoms with Crippen molar-refractivity contribution >= 4 is 28.9 Å². The smallest absolute Gasteiger partial charge is 0.257 e. The number of amides is 1. The van der Waals surface area contributed by atoms with Crippen molar-refractivity contribution in [2.24, 2.45) is 0 Å². The van der Waals surface area contributed by atoms with E-state index in [0.717, 1.165) is 6.07 Å². The molecule has 0 aromatic heterocycles. The lowest BCUT2D eigenvalue weighted by atomic mass is 10.1. The molecule has 0 fully saturated rings. The van der Waals surface area contributed by atoms with E-state index in [9.17, 15) is 13.6 Å². The minimum Gasteiger partial charge on any atom is -0.398 e. The van der Waals surface area contributed by atoms with E-state index in [1.165, 1.54) is 18.2 Å². The number of benzene rings is 2. The Labute approximate surface area is 123 Å². The molecular formula is C14H8ClF2N3O. The molecule has 0 radical (unpaired) electrons. The highest BCUT2D eigenvalue weighted by Crippen LogP contribution is 2.22. The van der Waals surface area contributed by atoms with Gasteiger partial charge in [0.25, 0.3) is 5.91 Å². The zero-order valence-electron chi connectivity index (χ0n) is 10.5. The van der Waals surface area contributed by atoms with E-state index in [4.69, 9.17) is 22.6 Å². The van der Waals surface area contributed by atoms with Crippen LogP contribution >= 0.6 is 11.6 Å². The van der Waals surface area contributed by atoms with Crippen molar-refractivity contribution in [3.63, 3.8) is 0 Å². The van der Waals surface area contributed by atoms with E-state index in [1.54, 1.807) is 0 Å². The first-order valence-electron chi connectivity index (χ1n) is 5.68. The van der Waals surface area contributed by atoms with Crippen LogP contribution in [0.3, 0.4) is 0 Å². The largest absolute Gasteiger partial charge is 0.398 e. The van der Waals surface area contributed by atoms with Gasteiger partial charge in [-0.3, -0.25) is 4.79 Å². The first kappa shape index (κ1) is 14.8. The molecule has 2 aromatic rings. The van der Waals surface area contributed by atoms with Crippen molar-refractivity contribution in [1.82, 2.24) is 0 Å². The summed E-state index contributed by atoms with van der Waals surface area (Å²) in [5.74, 6) is -3.02. The minimum atomic E-state index is -1.17. The molecule has 0 atom stereocenters. The molecule has 0 aliphatic carbocycles. The van der Waals surface area contributed by atoms with Gasteiger partial charge in [-0.15, -0.1) is 0 Å². The summed E-state index contributed by atoms with van der Waals surface area (Å²) >= 11 is 5.83. The molecule has 106 valence electrons. The summed E-state index contributed by atoms with van der Waals surface area (Å²) in [6, 6.07) is 7.57. The Balaban J connectivity index is 2.28. The van der Waals surface area contributed by atoms with Crippen LogP contribution in [-0.4, -0.2) is 5.91 Å². The molecule has 0 spiro atoms. The average molecular weight is 308 g/mol. The average Bonchev–Trinajstić information content (AvgIpc) is 2.43. The topological polar surface area (TPSA) is 78.9 Å². The number of hydrogen-bond donors (Lipinski definition) is 2. The van der Waals surface area contributed by atoms with Crippen molar-refractivity contribution < 1.29 is 13.6 Å². The Morgan fingerprint density at radius 1 is 1.24 bits per heavy atom. The summed E-state index contributed by atoms with van der Waals surface area (Å²) in [6.07, 6.45) is 0. The molecule has 0 aliphatic heterocycles. The molecule has 2 aromatic carbocycles. The predicted molar refractivity (Wildman–Crippen MR) is 74.9 cm³/mol. The summed E-state index contributed by atoms with van der Waals surface area (Å²) < 4.78 is 26.1. The second-order valence-electron chi connectivity index (χ2n) is 4.11. The Morgan fingerprint density at radius 2 is 1.90 bits per heavy atom. The number of nitrogens with zero attached hydrogens (tertiary/aromatic N) is 1. The highest BCUT2D eigenvalue weighted by atomic mass is 35.5. The van der Waals surface area contributed by atoms with Crippen molar-refractivity contribution in [3.8, 4) is 6.07 Å². The fourth-order valence-electron chi connectivity index (χ4n) is 1.64. The molecule has 0 saturated carbocycles. The SMILES string of the molecule is N#Cc1ccc(NC(=O)c2cc(F)c(F)cc2N)cc1Cl. The number of carbonyl (C=O) groups is 1. The van der Waals surface area contributed by atoms with Crippen LogP contribution in [0, 0.1) is 23.0 Å². The zero-order chi connectivity index (χ0) is 15.6. The molecule has 0 heterocycles. The standard InChI is InChI=1S/C14H8ClF2N3O/c15-10-3-8(2-1-7(10)6-18)20-14(21)9-4-11(16)12(17)5-13(9)19/h1-5H,19H2,(H,20,21). The molecule has 0 bridgehead atoms. The molecule has 1 amide bonds. The van der Waals surface area contributed by atoms with Crippen molar-refractivity contribution in [2.75, 3.05) is 11.1 Å². The van der Waals surface area contributed by atoms with Gasteiger partial charge >= 0.3 is 0 Å². The van der Waals surface area contributed by atoms with E-state index >= 15 is 0 Å². The van der Waals surface area contributed by atoms with Crippen molar-refractivity contribution in [3.05, 3.63) is 58.1 Å². The third-order valence-corrected chi connectivity index (χ3v) is 3.00. The van der Waals surface area contributed by atoms with E-state index in [0.29, 0.717) is 11.8 Å². The molecule has 3 N–H and O–H groups in total. The van der Waals surface area contributed by atoms with Crippen LogP contribution in [0.5, 0.6) is 0 Å². The van der Waals surface area contributed by atoms with E-state index in [-0.39, 0.29) is 21.8 Å². The van der Waals surface area contributed by atoms with Gasteiger partial charge in [-0.1, -0.05) is 11.6 Å². The normalized spacial score (nSPS) is 10.0. The maximum Gasteiger partial charge on any atom is 0.257 e. The second-order valence-corrected chi connectivity index (χ2v) is 4.52. The van der Waals surface area contributed by atoms with Gasteiger partial charge in [0.1, 0.15) is 6.07 Å². The second kappa shape index (κ2) is 5.77. The quantitative estimate of drug-likeness (QED) is 0.835. The number of nitrogens with two attached hydrogens (primary N) is 1. The molecule has 7 heteroatoms. The molecule has 0 aliphatic rings. The third-order valence-electron chi connectivity index (χ3n) is 2.68. The highest BCUT2D eigenvalue weighted by molar-refractivity contribution is 6.32. The van der Waals surface area contributed by atoms with Crippen LogP contribution < -0.4 is 11.1 Å².